The number of hydrogen-bond acceptors (Lipinski definition) is 19. The molecule has 9 aromatic heterocycles. The van der Waals surface area contributed by atoms with Crippen molar-refractivity contribution in [3.8, 4) is 0 Å². The SMILES string of the molecule is CBr.CBr.CBr.CC1OC(C)OC(C)O1.CN.CN(C)C.CN(C)C.Cc1ccc2ccccc2n1.Cc1ccc2ccccc2n1.Cc1ccc2ccccc2n1.Cc1ccc2ccccc2n1.Cc1ccc2ccccc2n1.Cc1ccc2ccccc2n1.Nc1ccccc1.OCc1ccc2ccccc2n1.OCc1ccc2ccccc2n1.OCc1ccc2ccccc2n1. The molecule has 10 heterocycles. The highest BCUT2D eigenvalue weighted by Crippen LogP contribution is 2.20. The Labute approximate surface area is 818 Å². The van der Waals surface area contributed by atoms with E-state index in [1.54, 1.807) is 0 Å². The number of ether oxygens (including phenoxy) is 3. The molecule has 0 amide bonds. The predicted octanol–water partition coefficient (Wildman–Crippen LogP) is 25.8. The topological polar surface area (TPSA) is 263 Å². The molecule has 0 spiro atoms. The van der Waals surface area contributed by atoms with E-state index >= 15 is 0 Å². The lowest BCUT2D eigenvalue weighted by Crippen LogP contribution is -2.35. The Balaban J connectivity index is 0.000000304. The van der Waals surface area contributed by atoms with Gasteiger partial charge >= 0.3 is 0 Å². The summed E-state index contributed by atoms with van der Waals surface area (Å²) in [5.74, 6) is 5.44. The molecule has 0 saturated carbocycles. The molecule has 1 aliphatic rings. The smallest absolute Gasteiger partial charge is 0.161 e. The number of aryl methyl sites for hydroxylation is 6. The van der Waals surface area contributed by atoms with E-state index in [0.29, 0.717) is 17.1 Å². The van der Waals surface area contributed by atoms with E-state index in [1.165, 1.54) is 39.4 Å². The first-order chi connectivity index (χ1) is 64.9. The molecule has 19 aromatic rings. The van der Waals surface area contributed by atoms with Crippen molar-refractivity contribution in [2.24, 2.45) is 5.73 Å². The van der Waals surface area contributed by atoms with Crippen LogP contribution in [0.2, 0.25) is 0 Å². The quantitative estimate of drug-likeness (QED) is 0.0813. The number of rotatable bonds is 3. The van der Waals surface area contributed by atoms with Crippen LogP contribution >= 0.6 is 47.8 Å². The third kappa shape index (κ3) is 45.0. The lowest BCUT2D eigenvalue weighted by atomic mass is 10.2. The number of aliphatic hydroxyl groups excluding tert-OH is 3. The maximum atomic E-state index is 8.83. The Morgan fingerprint density at radius 1 is 0.224 bits per heavy atom. The number of hydrogen-bond donors (Lipinski definition) is 5. The third-order valence-corrected chi connectivity index (χ3v) is 17.8. The van der Waals surface area contributed by atoms with Gasteiger partial charge in [-0.15, -0.1) is 0 Å². The number of anilines is 1. The fourth-order valence-electron chi connectivity index (χ4n) is 12.0. The summed E-state index contributed by atoms with van der Waals surface area (Å²) < 4.78 is 15.3. The molecule has 22 heteroatoms. The Hall–Kier alpha value is -12.2. The summed E-state index contributed by atoms with van der Waals surface area (Å²) in [7, 11) is 13.5. The molecule has 702 valence electrons. The molecule has 7 N–H and O–H groups in total. The minimum atomic E-state index is -0.135. The molecule has 1 aliphatic heterocycles. The molecular formula is C112H132Br3N13O6. The molecule has 20 rings (SSSR count). The highest BCUT2D eigenvalue weighted by Gasteiger charge is 2.21. The number of nitrogen functional groups attached to an aromatic ring is 1. The zero-order chi connectivity index (χ0) is 98.4. The monoisotopic (exact) mass is 1990 g/mol. The first-order valence-electron chi connectivity index (χ1n) is 43.4. The Kier molecular flexibility index (Phi) is 57.1. The second-order valence-corrected chi connectivity index (χ2v) is 30.0. The fourth-order valence-corrected chi connectivity index (χ4v) is 12.0. The van der Waals surface area contributed by atoms with Crippen molar-refractivity contribution in [3.63, 3.8) is 0 Å². The van der Waals surface area contributed by atoms with Gasteiger partial charge < -0.3 is 50.8 Å². The van der Waals surface area contributed by atoms with Gasteiger partial charge in [-0.3, -0.25) is 44.9 Å². The summed E-state index contributed by atoms with van der Waals surface area (Å²) in [5.41, 5.74) is 28.5. The molecule has 0 aliphatic carbocycles. The normalized spacial score (nSPS) is 12.0. The number of nitrogens with zero attached hydrogens (tertiary/aromatic N) is 11. The van der Waals surface area contributed by atoms with Gasteiger partial charge in [0.05, 0.1) is 86.6 Å². The maximum absolute atomic E-state index is 8.83. The van der Waals surface area contributed by atoms with Gasteiger partial charge in [0.25, 0.3) is 0 Å². The lowest BCUT2D eigenvalue weighted by Gasteiger charge is -2.30. The standard InChI is InChI=1S/3C10H9NO.6C10H9N.C6H7N.C6H12O3.2C3H9N.3CH3Br.CH5N/c3*12-7-9-6-5-8-3-1-2-4-10(8)11-9;6*1-8-6-7-9-4-2-3-5-10(9)11-8;7-6-4-2-1-3-5-6;1-4-7-5(2)9-6(3)8-4;2*1-4(2)3;4*1-2/h3*1-6,12H,7H2;6*2-7H,1H3;1-5H,7H2;4-6H,1-3H3;2*1-3H3;3*1H3;2H2,1H3. The van der Waals surface area contributed by atoms with Crippen LogP contribution in [-0.2, 0) is 34.0 Å². The van der Waals surface area contributed by atoms with Crippen molar-refractivity contribution in [1.29, 1.82) is 0 Å². The molecule has 0 radical (unpaired) electrons. The number of fused-ring (bicyclic) bond motifs is 9. The zero-order valence-corrected chi connectivity index (χ0v) is 85.4. The van der Waals surface area contributed by atoms with Crippen molar-refractivity contribution in [2.45, 2.75) is 101 Å². The van der Waals surface area contributed by atoms with Crippen LogP contribution in [0.1, 0.15) is 72.0 Å². The number of aromatic nitrogens is 9. The van der Waals surface area contributed by atoms with Crippen LogP contribution in [0.3, 0.4) is 0 Å². The van der Waals surface area contributed by atoms with E-state index in [-0.39, 0.29) is 38.7 Å². The van der Waals surface area contributed by atoms with E-state index in [4.69, 9.17) is 35.3 Å². The number of para-hydroxylation sites is 10. The Morgan fingerprint density at radius 2 is 0.358 bits per heavy atom. The zero-order valence-electron chi connectivity index (χ0n) is 80.7. The maximum Gasteiger partial charge on any atom is 0.161 e. The number of nitrogens with two attached hydrogens (primary N) is 2. The van der Waals surface area contributed by atoms with Crippen LogP contribution in [0, 0.1) is 41.5 Å². The summed E-state index contributed by atoms with van der Waals surface area (Å²) in [5, 5.41) is 37.1. The van der Waals surface area contributed by atoms with E-state index < -0.39 is 0 Å². The van der Waals surface area contributed by atoms with Crippen molar-refractivity contribution in [3.05, 3.63) is 409 Å². The van der Waals surface area contributed by atoms with Gasteiger partial charge in [-0.25, -0.2) is 0 Å². The van der Waals surface area contributed by atoms with E-state index in [1.807, 2.05) is 417 Å². The summed E-state index contributed by atoms with van der Waals surface area (Å²) in [6, 6.07) is 118. The second-order valence-electron chi connectivity index (χ2n) is 30.0. The van der Waals surface area contributed by atoms with Crippen molar-refractivity contribution in [1.82, 2.24) is 54.7 Å². The van der Waals surface area contributed by atoms with Gasteiger partial charge in [-0.2, -0.15) is 0 Å². The number of aliphatic hydroxyl groups is 3. The lowest BCUT2D eigenvalue weighted by molar-refractivity contribution is -0.367. The van der Waals surface area contributed by atoms with Crippen molar-refractivity contribution >= 4 is 152 Å². The first-order valence-corrected chi connectivity index (χ1v) is 48.2. The third-order valence-electron chi connectivity index (χ3n) is 17.8. The van der Waals surface area contributed by atoms with Crippen LogP contribution in [0.15, 0.2) is 358 Å². The molecular weight excluding hydrogens is 1860 g/mol. The summed E-state index contributed by atoms with van der Waals surface area (Å²) in [6.45, 7) is 17.6. The molecule has 1 saturated heterocycles. The Bertz CT molecular complexity index is 5630. The summed E-state index contributed by atoms with van der Waals surface area (Å²) >= 11 is 8.81. The minimum Gasteiger partial charge on any atom is -0.399 e. The Morgan fingerprint density at radius 3 is 0.500 bits per heavy atom. The number of benzene rings is 10. The fraction of sp³-hybridized carbons (Fsp3) is 0.223. The molecule has 10 aromatic carbocycles. The van der Waals surface area contributed by atoms with Crippen molar-refractivity contribution < 1.29 is 29.5 Å². The van der Waals surface area contributed by atoms with Crippen LogP contribution in [0.4, 0.5) is 5.69 Å². The van der Waals surface area contributed by atoms with E-state index in [0.717, 1.165) is 106 Å². The number of alkyl halides is 3. The minimum absolute atomic E-state index is 0.00480. The van der Waals surface area contributed by atoms with Gasteiger partial charge in [0.2, 0.25) is 0 Å². The van der Waals surface area contributed by atoms with Crippen LogP contribution in [0.5, 0.6) is 0 Å². The molecule has 1 fully saturated rings. The molecule has 0 atom stereocenters. The van der Waals surface area contributed by atoms with Gasteiger partial charge in [0.15, 0.2) is 18.9 Å². The summed E-state index contributed by atoms with van der Waals surface area (Å²) in [4.78, 5) is 43.0. The van der Waals surface area contributed by atoms with Crippen LogP contribution < -0.4 is 11.5 Å². The van der Waals surface area contributed by atoms with Gasteiger partial charge in [-0.05, 0) is 250 Å². The molecule has 134 heavy (non-hydrogen) atoms. The highest BCUT2D eigenvalue weighted by atomic mass is 79.9. The largest absolute Gasteiger partial charge is 0.399 e. The molecule has 0 unspecified atom stereocenters. The average Bonchev–Trinajstić information content (AvgIpc) is 0.842. The average molecular weight is 2000 g/mol. The second kappa shape index (κ2) is 67.0. The van der Waals surface area contributed by atoms with E-state index in [9.17, 15) is 0 Å². The van der Waals surface area contributed by atoms with Gasteiger partial charge in [-0.1, -0.05) is 284 Å². The number of pyridine rings is 9. The van der Waals surface area contributed by atoms with Crippen LogP contribution in [-0.4, -0.2) is 156 Å². The van der Waals surface area contributed by atoms with E-state index in [2.05, 4.69) is 171 Å². The van der Waals surface area contributed by atoms with Crippen LogP contribution in [0.25, 0.3) is 98.1 Å². The molecule has 0 bridgehead atoms. The van der Waals surface area contributed by atoms with Crippen molar-refractivity contribution in [2.75, 3.05) is 72.6 Å². The first kappa shape index (κ1) is 114. The highest BCUT2D eigenvalue weighted by molar-refractivity contribution is 9.09. The van der Waals surface area contributed by atoms with Gasteiger partial charge in [0.1, 0.15) is 0 Å². The molecule has 19 nitrogen and oxygen atoms in total. The predicted molar refractivity (Wildman–Crippen MR) is 578 cm³/mol. The number of halogens is 3. The summed E-state index contributed by atoms with van der Waals surface area (Å²) in [6.07, 6.45) is -0.406. The van der Waals surface area contributed by atoms with Gasteiger partial charge in [0, 0.05) is 88.3 Å².